The zero-order valence-electron chi connectivity index (χ0n) is 16.8. The summed E-state index contributed by atoms with van der Waals surface area (Å²) >= 11 is 0. The third-order valence-electron chi connectivity index (χ3n) is 5.32. The highest BCUT2D eigenvalue weighted by molar-refractivity contribution is 7.88. The van der Waals surface area contributed by atoms with Crippen LogP contribution in [0.5, 0.6) is 0 Å². The van der Waals surface area contributed by atoms with Crippen molar-refractivity contribution in [2.45, 2.75) is 24.6 Å². The van der Waals surface area contributed by atoms with E-state index in [1.807, 2.05) is 18.2 Å². The molecule has 9 heteroatoms. The van der Waals surface area contributed by atoms with Crippen molar-refractivity contribution >= 4 is 15.9 Å². The lowest BCUT2D eigenvalue weighted by Gasteiger charge is -2.31. The van der Waals surface area contributed by atoms with E-state index < -0.39 is 15.8 Å². The Morgan fingerprint density at radius 2 is 1.74 bits per heavy atom. The van der Waals surface area contributed by atoms with Gasteiger partial charge in [0.15, 0.2) is 0 Å². The molecule has 1 fully saturated rings. The highest BCUT2D eigenvalue weighted by atomic mass is 32.2. The van der Waals surface area contributed by atoms with E-state index in [0.29, 0.717) is 31.5 Å². The molecule has 7 nitrogen and oxygen atoms in total. The molecule has 1 saturated heterocycles. The van der Waals surface area contributed by atoms with Crippen LogP contribution in [0.25, 0.3) is 5.69 Å². The lowest BCUT2D eigenvalue weighted by Crippen LogP contribution is -2.46. The predicted molar refractivity (Wildman–Crippen MR) is 115 cm³/mol. The van der Waals surface area contributed by atoms with Gasteiger partial charge in [-0.3, -0.25) is 4.79 Å². The summed E-state index contributed by atoms with van der Waals surface area (Å²) in [6.07, 6.45) is 3.93. The summed E-state index contributed by atoms with van der Waals surface area (Å²) in [5, 5.41) is 7.00. The Kier molecular flexibility index (Phi) is 6.15. The van der Waals surface area contributed by atoms with Crippen molar-refractivity contribution in [2.24, 2.45) is 0 Å². The fourth-order valence-electron chi connectivity index (χ4n) is 3.63. The Bertz CT molecular complexity index is 1160. The molecule has 0 saturated carbocycles. The second-order valence-electron chi connectivity index (χ2n) is 7.51. The van der Waals surface area contributed by atoms with Gasteiger partial charge in [-0.2, -0.15) is 5.10 Å². The van der Waals surface area contributed by atoms with E-state index in [1.54, 1.807) is 30.3 Å². The minimum atomic E-state index is -3.40. The highest BCUT2D eigenvalue weighted by Gasteiger charge is 2.29. The number of para-hydroxylation sites is 1. The Morgan fingerprint density at radius 1 is 1.06 bits per heavy atom. The zero-order valence-corrected chi connectivity index (χ0v) is 17.6. The van der Waals surface area contributed by atoms with Crippen LogP contribution in [-0.2, 0) is 15.8 Å². The van der Waals surface area contributed by atoms with Gasteiger partial charge in [-0.1, -0.05) is 42.5 Å². The summed E-state index contributed by atoms with van der Waals surface area (Å²) in [6, 6.07) is 15.1. The van der Waals surface area contributed by atoms with E-state index in [2.05, 4.69) is 10.4 Å². The van der Waals surface area contributed by atoms with Crippen molar-refractivity contribution in [3.63, 3.8) is 0 Å². The summed E-state index contributed by atoms with van der Waals surface area (Å²) < 4.78 is 42.1. The standard InChI is InChI=1S/C22H23FN4O3S/c23-20-8-4-5-9-21(20)27-15-18(14-24-27)22(28)25-19-10-12-26(13-11-19)31(29,30)16-17-6-2-1-3-7-17/h1-9,14-15,19H,10-13,16H2,(H,25,28). The monoisotopic (exact) mass is 442 g/mol. The molecule has 0 atom stereocenters. The summed E-state index contributed by atoms with van der Waals surface area (Å²) in [5.74, 6) is -0.769. The van der Waals surface area contributed by atoms with Gasteiger partial charge in [0.2, 0.25) is 10.0 Å². The SMILES string of the molecule is O=C(NC1CCN(S(=O)(=O)Cc2ccccc2)CC1)c1cnn(-c2ccccc2F)c1. The van der Waals surface area contributed by atoms with E-state index in [-0.39, 0.29) is 23.4 Å². The molecule has 1 N–H and O–H groups in total. The molecule has 1 amide bonds. The summed E-state index contributed by atoms with van der Waals surface area (Å²) in [4.78, 5) is 12.6. The fraction of sp³-hybridized carbons (Fsp3) is 0.273. The minimum Gasteiger partial charge on any atom is -0.349 e. The third kappa shape index (κ3) is 5.00. The first-order valence-electron chi connectivity index (χ1n) is 10.0. The average Bonchev–Trinajstić information content (AvgIpc) is 3.25. The normalized spacial score (nSPS) is 15.6. The van der Waals surface area contributed by atoms with Crippen LogP contribution < -0.4 is 5.32 Å². The molecule has 2 aromatic carbocycles. The van der Waals surface area contributed by atoms with Gasteiger partial charge < -0.3 is 5.32 Å². The average molecular weight is 443 g/mol. The largest absolute Gasteiger partial charge is 0.349 e. The van der Waals surface area contributed by atoms with Gasteiger partial charge in [0, 0.05) is 25.3 Å². The number of rotatable bonds is 6. The van der Waals surface area contributed by atoms with E-state index in [9.17, 15) is 17.6 Å². The lowest BCUT2D eigenvalue weighted by molar-refractivity contribution is 0.0924. The smallest absolute Gasteiger partial charge is 0.254 e. The minimum absolute atomic E-state index is 0.0277. The van der Waals surface area contributed by atoms with Crippen LogP contribution >= 0.6 is 0 Å². The molecule has 3 aromatic rings. The van der Waals surface area contributed by atoms with Crippen molar-refractivity contribution in [1.29, 1.82) is 0 Å². The van der Waals surface area contributed by atoms with Gasteiger partial charge in [0.25, 0.3) is 5.91 Å². The van der Waals surface area contributed by atoms with Crippen molar-refractivity contribution < 1.29 is 17.6 Å². The Labute approximate surface area is 180 Å². The Morgan fingerprint density at radius 3 is 2.45 bits per heavy atom. The number of nitrogens with zero attached hydrogens (tertiary/aromatic N) is 3. The van der Waals surface area contributed by atoms with Gasteiger partial charge in [-0.15, -0.1) is 0 Å². The molecule has 4 rings (SSSR count). The lowest BCUT2D eigenvalue weighted by atomic mass is 10.1. The second-order valence-corrected chi connectivity index (χ2v) is 9.48. The van der Waals surface area contributed by atoms with E-state index in [1.165, 1.54) is 27.4 Å². The number of amides is 1. The van der Waals surface area contributed by atoms with Crippen LogP contribution in [0.3, 0.4) is 0 Å². The van der Waals surface area contributed by atoms with E-state index in [4.69, 9.17) is 0 Å². The molecule has 1 aromatic heterocycles. The first kappa shape index (κ1) is 21.2. The number of aromatic nitrogens is 2. The number of benzene rings is 2. The summed E-state index contributed by atoms with van der Waals surface area (Å²) in [7, 11) is -3.40. The number of hydrogen-bond donors (Lipinski definition) is 1. The number of carbonyl (C=O) groups is 1. The van der Waals surface area contributed by atoms with Crippen LogP contribution in [0.4, 0.5) is 4.39 Å². The summed E-state index contributed by atoms with van der Waals surface area (Å²) in [6.45, 7) is 0.712. The van der Waals surface area contributed by atoms with Crippen molar-refractivity contribution in [1.82, 2.24) is 19.4 Å². The number of halogens is 1. The van der Waals surface area contributed by atoms with Crippen molar-refractivity contribution in [3.8, 4) is 5.69 Å². The number of sulfonamides is 1. The third-order valence-corrected chi connectivity index (χ3v) is 7.17. The molecule has 0 unspecified atom stereocenters. The quantitative estimate of drug-likeness (QED) is 0.636. The molecule has 162 valence electrons. The van der Waals surface area contributed by atoms with Crippen molar-refractivity contribution in [2.75, 3.05) is 13.1 Å². The fourth-order valence-corrected chi connectivity index (χ4v) is 5.20. The summed E-state index contributed by atoms with van der Waals surface area (Å²) in [5.41, 5.74) is 1.34. The maximum absolute atomic E-state index is 13.9. The Hall–Kier alpha value is -3.04. The molecule has 0 spiro atoms. The number of carbonyl (C=O) groups excluding carboxylic acids is 1. The molecule has 31 heavy (non-hydrogen) atoms. The molecular weight excluding hydrogens is 419 g/mol. The second kappa shape index (κ2) is 8.99. The first-order chi connectivity index (χ1) is 14.9. The van der Waals surface area contributed by atoms with Gasteiger partial charge in [-0.05, 0) is 30.5 Å². The van der Waals surface area contributed by atoms with E-state index in [0.717, 1.165) is 5.56 Å². The maximum Gasteiger partial charge on any atom is 0.254 e. The molecule has 0 aliphatic carbocycles. The van der Waals surface area contributed by atoms with Gasteiger partial charge in [0.05, 0.1) is 17.5 Å². The van der Waals surface area contributed by atoms with Gasteiger partial charge in [0.1, 0.15) is 11.5 Å². The molecule has 1 aliphatic rings. The molecule has 0 bridgehead atoms. The topological polar surface area (TPSA) is 84.3 Å². The van der Waals surface area contributed by atoms with E-state index >= 15 is 0 Å². The Balaban J connectivity index is 1.33. The molecular formula is C22H23FN4O3S. The highest BCUT2D eigenvalue weighted by Crippen LogP contribution is 2.18. The van der Waals surface area contributed by atoms with Crippen molar-refractivity contribution in [3.05, 3.63) is 83.9 Å². The van der Waals surface area contributed by atoms with Crippen LogP contribution in [-0.4, -0.2) is 47.5 Å². The number of nitrogens with one attached hydrogen (secondary N) is 1. The van der Waals surface area contributed by atoms with Crippen LogP contribution in [0.2, 0.25) is 0 Å². The predicted octanol–water partition coefficient (Wildman–Crippen LogP) is 2.74. The van der Waals surface area contributed by atoms with Gasteiger partial charge >= 0.3 is 0 Å². The van der Waals surface area contributed by atoms with Crippen LogP contribution in [0, 0.1) is 5.82 Å². The maximum atomic E-state index is 13.9. The van der Waals surface area contributed by atoms with Gasteiger partial charge in [-0.25, -0.2) is 21.8 Å². The molecule has 0 radical (unpaired) electrons. The number of hydrogen-bond acceptors (Lipinski definition) is 4. The zero-order chi connectivity index (χ0) is 21.8. The van der Waals surface area contributed by atoms with Crippen LogP contribution in [0.15, 0.2) is 67.0 Å². The number of piperidine rings is 1. The van der Waals surface area contributed by atoms with Crippen LogP contribution in [0.1, 0.15) is 28.8 Å². The first-order valence-corrected chi connectivity index (χ1v) is 11.7. The molecule has 2 heterocycles. The molecule has 1 aliphatic heterocycles.